The van der Waals surface area contributed by atoms with Gasteiger partial charge in [-0.25, -0.2) is 0 Å². The van der Waals surface area contributed by atoms with Gasteiger partial charge in [0.15, 0.2) is 0 Å². The number of rotatable bonds is 1. The number of likely N-dealkylation sites (tertiary alicyclic amines) is 1. The topological polar surface area (TPSA) is 3.24 Å². The number of halogens is 3. The van der Waals surface area contributed by atoms with Crippen molar-refractivity contribution in [1.82, 2.24) is 4.90 Å². The molecule has 0 saturated carbocycles. The van der Waals surface area contributed by atoms with Gasteiger partial charge < -0.3 is 4.90 Å². The molecule has 0 aromatic carbocycles. The molecule has 0 aromatic rings. The normalized spacial score (nSPS) is 18.2. The average Bonchev–Trinajstić information content (AvgIpc) is 2.34. The summed E-state index contributed by atoms with van der Waals surface area (Å²) in [5.41, 5.74) is 0. The first-order chi connectivity index (χ1) is 5.54. The molecule has 0 aromatic heterocycles. The van der Waals surface area contributed by atoms with Gasteiger partial charge in [-0.05, 0) is 39.8 Å². The van der Waals surface area contributed by atoms with Crippen molar-refractivity contribution in [1.29, 1.82) is 0 Å². The summed E-state index contributed by atoms with van der Waals surface area (Å²) in [6, 6.07) is 0.775. The van der Waals surface area contributed by atoms with Crippen LogP contribution in [0.3, 0.4) is 0 Å². The summed E-state index contributed by atoms with van der Waals surface area (Å²) in [5.74, 6) is 0. The van der Waals surface area contributed by atoms with Crippen LogP contribution < -0.4 is 0 Å². The van der Waals surface area contributed by atoms with Gasteiger partial charge in [0.05, 0.1) is 0 Å². The van der Waals surface area contributed by atoms with Gasteiger partial charge in [0, 0.05) is 6.04 Å². The van der Waals surface area contributed by atoms with Crippen molar-refractivity contribution in [3.05, 3.63) is 0 Å². The van der Waals surface area contributed by atoms with Gasteiger partial charge in [0.1, 0.15) is 0 Å². The first-order valence-electron chi connectivity index (χ1n) is 4.20. The number of hydrogen-bond acceptors (Lipinski definition) is 1. The number of alkyl halides is 3. The molecule has 1 aliphatic heterocycles. The Morgan fingerprint density at radius 1 is 1.00 bits per heavy atom. The van der Waals surface area contributed by atoms with Crippen LogP contribution >= 0.6 is 0 Å². The van der Waals surface area contributed by atoms with Gasteiger partial charge >= 0.3 is 6.68 Å². The van der Waals surface area contributed by atoms with Crippen LogP contribution in [0.5, 0.6) is 0 Å². The molecule has 74 valence electrons. The second-order valence-electron chi connectivity index (χ2n) is 3.08. The largest absolute Gasteiger partial charge is 0.379 e. The van der Waals surface area contributed by atoms with Crippen molar-refractivity contribution in [2.75, 3.05) is 13.1 Å². The molecule has 0 radical (unpaired) electrons. The zero-order valence-electron chi connectivity index (χ0n) is 7.56. The molecule has 1 aliphatic rings. The molecule has 0 bridgehead atoms. The van der Waals surface area contributed by atoms with E-state index in [2.05, 4.69) is 18.7 Å². The van der Waals surface area contributed by atoms with Crippen molar-refractivity contribution in [3.8, 4) is 0 Å². The van der Waals surface area contributed by atoms with Gasteiger partial charge in [-0.2, -0.15) is 13.2 Å². The van der Waals surface area contributed by atoms with E-state index < -0.39 is 6.68 Å². The summed E-state index contributed by atoms with van der Waals surface area (Å²) in [7, 11) is 0. The minimum Gasteiger partial charge on any atom is -0.301 e. The van der Waals surface area contributed by atoms with Crippen LogP contribution in [0.4, 0.5) is 13.2 Å². The minimum atomic E-state index is -3.67. The summed E-state index contributed by atoms with van der Waals surface area (Å²) < 4.78 is 29.0. The molecule has 1 saturated heterocycles. The Hall–Kier alpha value is -0.250. The van der Waals surface area contributed by atoms with E-state index >= 15 is 0 Å². The first kappa shape index (κ1) is 11.8. The monoisotopic (exact) mass is 183 g/mol. The second kappa shape index (κ2) is 6.29. The maximum Gasteiger partial charge on any atom is 0.379 e. The predicted molar refractivity (Wildman–Crippen MR) is 43.1 cm³/mol. The Morgan fingerprint density at radius 3 is 1.50 bits per heavy atom. The minimum absolute atomic E-state index is 0.775. The SMILES string of the molecule is CC(C)N1CCCC1.FC(F)F. The first-order valence-corrected chi connectivity index (χ1v) is 4.20. The van der Waals surface area contributed by atoms with E-state index in [0.717, 1.165) is 6.04 Å². The van der Waals surface area contributed by atoms with Gasteiger partial charge in [0.25, 0.3) is 0 Å². The van der Waals surface area contributed by atoms with Crippen LogP contribution in [0, 0.1) is 0 Å². The van der Waals surface area contributed by atoms with E-state index in [1.807, 2.05) is 0 Å². The zero-order valence-corrected chi connectivity index (χ0v) is 7.56. The maximum absolute atomic E-state index is 9.67. The summed E-state index contributed by atoms with van der Waals surface area (Å²) in [6.45, 7) is 3.53. The van der Waals surface area contributed by atoms with Gasteiger partial charge in [-0.15, -0.1) is 0 Å². The fourth-order valence-electron chi connectivity index (χ4n) is 1.26. The molecule has 4 heteroatoms. The van der Waals surface area contributed by atoms with Gasteiger partial charge in [-0.3, -0.25) is 0 Å². The molecule has 1 heterocycles. The lowest BCUT2D eigenvalue weighted by Crippen LogP contribution is -2.26. The number of nitrogens with zero attached hydrogens (tertiary/aromatic N) is 1. The Kier molecular flexibility index (Phi) is 6.16. The van der Waals surface area contributed by atoms with E-state index in [4.69, 9.17) is 0 Å². The highest BCUT2D eigenvalue weighted by Gasteiger charge is 2.13. The average molecular weight is 183 g/mol. The van der Waals surface area contributed by atoms with E-state index in [0.29, 0.717) is 0 Å². The Morgan fingerprint density at radius 2 is 1.33 bits per heavy atom. The lowest BCUT2D eigenvalue weighted by Gasteiger charge is -2.18. The van der Waals surface area contributed by atoms with E-state index in [-0.39, 0.29) is 0 Å². The van der Waals surface area contributed by atoms with Gasteiger partial charge in [0.2, 0.25) is 0 Å². The van der Waals surface area contributed by atoms with Crippen molar-refractivity contribution >= 4 is 0 Å². The fourth-order valence-corrected chi connectivity index (χ4v) is 1.26. The molecule has 1 nitrogen and oxygen atoms in total. The Balaban J connectivity index is 0.000000261. The fraction of sp³-hybridized carbons (Fsp3) is 1.00. The Labute approximate surface area is 71.6 Å². The molecule has 0 atom stereocenters. The van der Waals surface area contributed by atoms with Crippen LogP contribution in [-0.2, 0) is 0 Å². The second-order valence-corrected chi connectivity index (χ2v) is 3.08. The molecule has 0 N–H and O–H groups in total. The molecule has 0 spiro atoms. The molecule has 0 aliphatic carbocycles. The van der Waals surface area contributed by atoms with Crippen molar-refractivity contribution in [2.24, 2.45) is 0 Å². The van der Waals surface area contributed by atoms with E-state index in [1.54, 1.807) is 0 Å². The highest BCUT2D eigenvalue weighted by atomic mass is 19.4. The molecule has 0 amide bonds. The quantitative estimate of drug-likeness (QED) is 0.604. The third-order valence-electron chi connectivity index (χ3n) is 1.87. The van der Waals surface area contributed by atoms with Crippen LogP contribution in [0.1, 0.15) is 26.7 Å². The van der Waals surface area contributed by atoms with Crippen LogP contribution in [-0.4, -0.2) is 30.7 Å². The molecule has 1 fully saturated rings. The van der Waals surface area contributed by atoms with Crippen molar-refractivity contribution in [2.45, 2.75) is 39.4 Å². The van der Waals surface area contributed by atoms with E-state index in [9.17, 15) is 13.2 Å². The smallest absolute Gasteiger partial charge is 0.301 e. The Bertz CT molecular complexity index is 97.7. The van der Waals surface area contributed by atoms with Crippen LogP contribution in [0.15, 0.2) is 0 Å². The lowest BCUT2D eigenvalue weighted by atomic mass is 10.3. The van der Waals surface area contributed by atoms with Crippen molar-refractivity contribution in [3.63, 3.8) is 0 Å². The maximum atomic E-state index is 9.67. The van der Waals surface area contributed by atoms with Crippen LogP contribution in [0.25, 0.3) is 0 Å². The molecule has 0 unspecified atom stereocenters. The van der Waals surface area contributed by atoms with Crippen molar-refractivity contribution < 1.29 is 13.2 Å². The third-order valence-corrected chi connectivity index (χ3v) is 1.87. The standard InChI is InChI=1S/C7H15N.CHF3/c1-7(2)8-5-3-4-6-8;2-1(3)4/h7H,3-6H2,1-2H3;1H. The third kappa shape index (κ3) is 6.46. The summed E-state index contributed by atoms with van der Waals surface area (Å²) in [6.07, 6.45) is 2.83. The highest BCUT2D eigenvalue weighted by molar-refractivity contribution is 4.68. The molecule has 12 heavy (non-hydrogen) atoms. The number of hydrogen-bond donors (Lipinski definition) is 0. The van der Waals surface area contributed by atoms with E-state index in [1.165, 1.54) is 25.9 Å². The molecular weight excluding hydrogens is 167 g/mol. The highest BCUT2D eigenvalue weighted by Crippen LogP contribution is 2.09. The summed E-state index contributed by atoms with van der Waals surface area (Å²) >= 11 is 0. The molecular formula is C8H16F3N. The predicted octanol–water partition coefficient (Wildman–Crippen LogP) is 2.67. The summed E-state index contributed by atoms with van der Waals surface area (Å²) in [5, 5.41) is 0. The zero-order chi connectivity index (χ0) is 9.56. The lowest BCUT2D eigenvalue weighted by molar-refractivity contribution is 0.00819. The molecule has 1 rings (SSSR count). The van der Waals surface area contributed by atoms with Crippen LogP contribution in [0.2, 0.25) is 0 Å². The summed E-state index contributed by atoms with van der Waals surface area (Å²) in [4.78, 5) is 2.53. The van der Waals surface area contributed by atoms with Gasteiger partial charge in [-0.1, -0.05) is 0 Å².